The highest BCUT2D eigenvalue weighted by molar-refractivity contribution is 6.00. The van der Waals surface area contributed by atoms with Gasteiger partial charge in [-0.05, 0) is 45.2 Å². The molecule has 10 nitrogen and oxygen atoms in total. The Morgan fingerprint density at radius 2 is 1.81 bits per heavy atom. The van der Waals surface area contributed by atoms with Crippen molar-refractivity contribution in [3.8, 4) is 5.75 Å². The smallest absolute Gasteiger partial charge is 0.258 e. The van der Waals surface area contributed by atoms with Crippen LogP contribution in [0.25, 0.3) is 0 Å². The molecule has 1 rings (SSSR count). The fourth-order valence-electron chi connectivity index (χ4n) is 2.93. The van der Waals surface area contributed by atoms with Crippen molar-refractivity contribution in [3.05, 3.63) is 29.8 Å². The van der Waals surface area contributed by atoms with Crippen molar-refractivity contribution < 1.29 is 19.1 Å². The van der Waals surface area contributed by atoms with Gasteiger partial charge in [-0.15, -0.1) is 0 Å². The molecule has 0 aromatic heterocycles. The molecule has 0 aliphatic rings. The first-order valence-electron chi connectivity index (χ1n) is 10.4. The number of carbonyl (C=O) groups is 3. The van der Waals surface area contributed by atoms with Gasteiger partial charge in [0, 0.05) is 12.6 Å². The van der Waals surface area contributed by atoms with Crippen LogP contribution in [0.2, 0.25) is 0 Å². The third-order valence-electron chi connectivity index (χ3n) is 4.26. The van der Waals surface area contributed by atoms with Crippen LogP contribution in [-0.4, -0.2) is 60.2 Å². The molecule has 3 amide bonds. The van der Waals surface area contributed by atoms with Crippen LogP contribution in [0, 0.1) is 5.92 Å². The van der Waals surface area contributed by atoms with E-state index in [0.717, 1.165) is 0 Å². The summed E-state index contributed by atoms with van der Waals surface area (Å²) < 4.78 is 5.59. The van der Waals surface area contributed by atoms with Gasteiger partial charge in [-0.25, -0.2) is 0 Å². The summed E-state index contributed by atoms with van der Waals surface area (Å²) in [6, 6.07) is 5.78. The van der Waals surface area contributed by atoms with Crippen LogP contribution in [0.15, 0.2) is 29.4 Å². The number of carbonyl (C=O) groups excluding carboxylic acids is 3. The molecule has 0 heterocycles. The number of hydrazone groups is 1. The minimum absolute atomic E-state index is 0.0440. The maximum absolute atomic E-state index is 13.0. The molecule has 32 heavy (non-hydrogen) atoms. The predicted octanol–water partition coefficient (Wildman–Crippen LogP) is 0.814. The van der Waals surface area contributed by atoms with E-state index in [9.17, 15) is 14.4 Å². The van der Waals surface area contributed by atoms with Crippen LogP contribution < -0.4 is 26.9 Å². The summed E-state index contributed by atoms with van der Waals surface area (Å²) in [6.07, 6.45) is 0.422. The second kappa shape index (κ2) is 11.9. The molecule has 1 aromatic rings. The molecule has 0 saturated heterocycles. The average Bonchev–Trinajstić information content (AvgIpc) is 2.69. The molecule has 0 bridgehead atoms. The van der Waals surface area contributed by atoms with E-state index in [1.807, 2.05) is 34.6 Å². The van der Waals surface area contributed by atoms with Crippen LogP contribution in [0.5, 0.6) is 5.75 Å². The Kier molecular flexibility index (Phi) is 9.96. The van der Waals surface area contributed by atoms with Gasteiger partial charge >= 0.3 is 0 Å². The molecule has 0 fully saturated rings. The Morgan fingerprint density at radius 3 is 2.38 bits per heavy atom. The lowest BCUT2D eigenvalue weighted by atomic mass is 10.0. The maximum atomic E-state index is 13.0. The van der Waals surface area contributed by atoms with Crippen molar-refractivity contribution in [2.45, 2.75) is 52.6 Å². The molecular formula is C22H36N6O4. The number of ether oxygens (including phenoxy) is 1. The fourth-order valence-corrected chi connectivity index (χ4v) is 2.93. The number of nitrogens with zero attached hydrogens (tertiary/aromatic N) is 2. The van der Waals surface area contributed by atoms with Crippen LogP contribution >= 0.6 is 0 Å². The summed E-state index contributed by atoms with van der Waals surface area (Å²) in [5.41, 5.74) is 5.44. The lowest BCUT2D eigenvalue weighted by Gasteiger charge is -2.26. The highest BCUT2D eigenvalue weighted by Gasteiger charge is 2.27. The van der Waals surface area contributed by atoms with Crippen molar-refractivity contribution in [3.63, 3.8) is 0 Å². The van der Waals surface area contributed by atoms with E-state index in [4.69, 9.17) is 16.3 Å². The van der Waals surface area contributed by atoms with Crippen molar-refractivity contribution >= 4 is 23.6 Å². The third-order valence-corrected chi connectivity index (χ3v) is 4.26. The number of hydrogen-bond donors (Lipinski definition) is 4. The molecule has 0 aliphatic heterocycles. The van der Waals surface area contributed by atoms with E-state index in [2.05, 4.69) is 15.7 Å². The van der Waals surface area contributed by atoms with Gasteiger partial charge in [-0.3, -0.25) is 14.4 Å². The van der Waals surface area contributed by atoms with Gasteiger partial charge < -0.3 is 31.8 Å². The molecule has 6 N–H and O–H groups in total. The van der Waals surface area contributed by atoms with Gasteiger partial charge in [0.1, 0.15) is 17.6 Å². The Hall–Kier alpha value is -3.30. The normalized spacial score (nSPS) is 12.8. The minimum atomic E-state index is -0.782. The first-order valence-corrected chi connectivity index (χ1v) is 10.4. The number of nitrogens with one attached hydrogen (secondary N) is 2. The van der Waals surface area contributed by atoms with E-state index in [0.29, 0.717) is 6.42 Å². The Labute approximate surface area is 189 Å². The second-order valence-electron chi connectivity index (χ2n) is 9.05. The van der Waals surface area contributed by atoms with Gasteiger partial charge in [-0.2, -0.15) is 5.10 Å². The molecule has 0 saturated carbocycles. The summed E-state index contributed by atoms with van der Waals surface area (Å²) >= 11 is 0. The molecule has 0 radical (unpaired) electrons. The van der Waals surface area contributed by atoms with E-state index in [1.54, 1.807) is 31.3 Å². The van der Waals surface area contributed by atoms with E-state index < -0.39 is 17.5 Å². The fraction of sp³-hybridized carbons (Fsp3) is 0.545. The van der Waals surface area contributed by atoms with Crippen molar-refractivity contribution in [1.29, 1.82) is 0 Å². The summed E-state index contributed by atoms with van der Waals surface area (Å²) in [4.78, 5) is 39.3. The standard InChI is InChI=1S/C22H36N6O4/c1-14(2)11-16(21(31)28(6)12-18(23)27-24)25-20(30)15-9-7-8-10-17(15)32-13-19(29)26-22(3,4)5/h7-10,14,16H,11-13,24H2,1-6H3,(H2,23,27)(H,25,30)(H,26,29). The lowest BCUT2D eigenvalue weighted by molar-refractivity contribution is -0.131. The molecular weight excluding hydrogens is 412 g/mol. The number of hydrogen-bond acceptors (Lipinski definition) is 6. The number of amides is 3. The maximum Gasteiger partial charge on any atom is 0.258 e. The third kappa shape index (κ3) is 9.23. The molecule has 178 valence electrons. The molecule has 0 spiro atoms. The van der Waals surface area contributed by atoms with Gasteiger partial charge in [0.15, 0.2) is 6.61 Å². The van der Waals surface area contributed by atoms with Crippen molar-refractivity contribution in [2.75, 3.05) is 20.2 Å². The minimum Gasteiger partial charge on any atom is -0.483 e. The summed E-state index contributed by atoms with van der Waals surface area (Å²) in [5.74, 6) is 4.53. The largest absolute Gasteiger partial charge is 0.483 e. The Bertz CT molecular complexity index is 832. The predicted molar refractivity (Wildman–Crippen MR) is 124 cm³/mol. The summed E-state index contributed by atoms with van der Waals surface area (Å²) in [7, 11) is 1.56. The first-order chi connectivity index (χ1) is 14.8. The zero-order valence-corrected chi connectivity index (χ0v) is 19.8. The quantitative estimate of drug-likeness (QED) is 0.180. The average molecular weight is 449 g/mol. The number of para-hydroxylation sites is 1. The van der Waals surface area contributed by atoms with Gasteiger partial charge in [0.05, 0.1) is 12.1 Å². The second-order valence-corrected chi connectivity index (χ2v) is 9.05. The lowest BCUT2D eigenvalue weighted by Crippen LogP contribution is -2.50. The first kappa shape index (κ1) is 26.7. The molecule has 10 heteroatoms. The summed E-state index contributed by atoms with van der Waals surface area (Å²) in [5, 5.41) is 8.95. The molecule has 1 aromatic carbocycles. The number of benzene rings is 1. The zero-order valence-electron chi connectivity index (χ0n) is 19.8. The number of rotatable bonds is 10. The number of amidine groups is 1. The van der Waals surface area contributed by atoms with Crippen LogP contribution in [0.4, 0.5) is 0 Å². The highest BCUT2D eigenvalue weighted by Crippen LogP contribution is 2.19. The molecule has 0 aliphatic carbocycles. The Balaban J connectivity index is 2.97. The zero-order chi connectivity index (χ0) is 24.5. The highest BCUT2D eigenvalue weighted by atomic mass is 16.5. The van der Waals surface area contributed by atoms with E-state index in [1.165, 1.54) is 4.90 Å². The van der Waals surface area contributed by atoms with Crippen LogP contribution in [0.1, 0.15) is 51.4 Å². The Morgan fingerprint density at radius 1 is 1.19 bits per heavy atom. The summed E-state index contributed by atoms with van der Waals surface area (Å²) in [6.45, 7) is 9.30. The van der Waals surface area contributed by atoms with E-state index >= 15 is 0 Å². The number of nitrogens with two attached hydrogens (primary N) is 2. The number of likely N-dealkylation sites (N-methyl/N-ethyl adjacent to an activating group) is 1. The van der Waals surface area contributed by atoms with Gasteiger partial charge in [-0.1, -0.05) is 26.0 Å². The van der Waals surface area contributed by atoms with Crippen molar-refractivity contribution in [2.24, 2.45) is 22.6 Å². The monoisotopic (exact) mass is 448 g/mol. The topological polar surface area (TPSA) is 152 Å². The van der Waals surface area contributed by atoms with Crippen molar-refractivity contribution in [1.82, 2.24) is 15.5 Å². The van der Waals surface area contributed by atoms with Crippen LogP contribution in [-0.2, 0) is 9.59 Å². The van der Waals surface area contributed by atoms with Crippen LogP contribution in [0.3, 0.4) is 0 Å². The molecule has 1 unspecified atom stereocenters. The van der Waals surface area contributed by atoms with E-state index in [-0.39, 0.29) is 48.0 Å². The van der Waals surface area contributed by atoms with Gasteiger partial charge in [0.25, 0.3) is 11.8 Å². The SMILES string of the molecule is CC(C)CC(NC(=O)c1ccccc1OCC(=O)NC(C)(C)C)C(=O)N(C)C/C(N)=N/N. The van der Waals surface area contributed by atoms with Gasteiger partial charge in [0.2, 0.25) is 5.91 Å². The molecule has 1 atom stereocenters.